The molecule has 0 spiro atoms. The molecule has 2 N–H and O–H groups in total. The van der Waals surface area contributed by atoms with Crippen LogP contribution in [0.25, 0.3) is 0 Å². The standard InChI is InChI=1S/C18H26N4OS/c1-13(2)17-10-15(23-22-17)12-21-18(19-4)20-11-14(3)24-16-8-6-5-7-9-16/h5-10,13-14H,11-12H2,1-4H3,(H2,19,20,21). The molecule has 0 saturated carbocycles. The highest BCUT2D eigenvalue weighted by Crippen LogP contribution is 2.21. The summed E-state index contributed by atoms with van der Waals surface area (Å²) in [6, 6.07) is 12.4. The summed E-state index contributed by atoms with van der Waals surface area (Å²) >= 11 is 1.84. The molecule has 0 radical (unpaired) electrons. The van der Waals surface area contributed by atoms with Crippen molar-refractivity contribution in [2.45, 2.75) is 43.4 Å². The molecule has 24 heavy (non-hydrogen) atoms. The zero-order valence-corrected chi connectivity index (χ0v) is 15.6. The molecule has 0 bridgehead atoms. The minimum absolute atomic E-state index is 0.371. The van der Waals surface area contributed by atoms with E-state index < -0.39 is 0 Å². The lowest BCUT2D eigenvalue weighted by Gasteiger charge is -2.15. The second-order valence-corrected chi connectivity index (χ2v) is 7.43. The fraction of sp³-hybridized carbons (Fsp3) is 0.444. The Morgan fingerprint density at radius 1 is 1.21 bits per heavy atom. The van der Waals surface area contributed by atoms with E-state index in [2.05, 4.69) is 65.8 Å². The van der Waals surface area contributed by atoms with Crippen molar-refractivity contribution in [2.75, 3.05) is 13.6 Å². The lowest BCUT2D eigenvalue weighted by Crippen LogP contribution is -2.39. The first kappa shape index (κ1) is 18.4. The number of nitrogens with one attached hydrogen (secondary N) is 2. The van der Waals surface area contributed by atoms with Crippen LogP contribution in [0.5, 0.6) is 0 Å². The summed E-state index contributed by atoms with van der Waals surface area (Å²) in [4.78, 5) is 5.52. The number of aromatic nitrogens is 1. The molecule has 1 unspecified atom stereocenters. The molecule has 1 aromatic carbocycles. The molecule has 1 aromatic heterocycles. The number of thioether (sulfide) groups is 1. The van der Waals surface area contributed by atoms with E-state index in [9.17, 15) is 0 Å². The van der Waals surface area contributed by atoms with Crippen molar-refractivity contribution in [1.29, 1.82) is 0 Å². The third-order valence-electron chi connectivity index (χ3n) is 3.46. The van der Waals surface area contributed by atoms with E-state index >= 15 is 0 Å². The molecule has 0 saturated heterocycles. The predicted octanol–water partition coefficient (Wildman–Crippen LogP) is 3.64. The fourth-order valence-corrected chi connectivity index (χ4v) is 3.03. The van der Waals surface area contributed by atoms with Gasteiger partial charge < -0.3 is 15.2 Å². The first-order valence-corrected chi connectivity index (χ1v) is 9.08. The van der Waals surface area contributed by atoms with Gasteiger partial charge in [0, 0.05) is 29.8 Å². The smallest absolute Gasteiger partial charge is 0.191 e. The second kappa shape index (κ2) is 9.37. The van der Waals surface area contributed by atoms with Gasteiger partial charge in [0.05, 0.1) is 12.2 Å². The summed E-state index contributed by atoms with van der Waals surface area (Å²) in [6.45, 7) is 7.79. The van der Waals surface area contributed by atoms with E-state index in [-0.39, 0.29) is 0 Å². The maximum absolute atomic E-state index is 5.33. The van der Waals surface area contributed by atoms with Crippen LogP contribution in [0.4, 0.5) is 0 Å². The van der Waals surface area contributed by atoms with Crippen LogP contribution in [-0.2, 0) is 6.54 Å². The van der Waals surface area contributed by atoms with Gasteiger partial charge in [-0.3, -0.25) is 4.99 Å². The van der Waals surface area contributed by atoms with Crippen molar-refractivity contribution in [3.8, 4) is 0 Å². The molecule has 0 aliphatic heterocycles. The number of hydrogen-bond acceptors (Lipinski definition) is 4. The third-order valence-corrected chi connectivity index (χ3v) is 4.57. The van der Waals surface area contributed by atoms with Gasteiger partial charge in [0.25, 0.3) is 0 Å². The molecule has 0 aliphatic rings. The van der Waals surface area contributed by atoms with Crippen LogP contribution in [-0.4, -0.2) is 30.0 Å². The van der Waals surface area contributed by atoms with Crippen LogP contribution in [0.3, 0.4) is 0 Å². The van der Waals surface area contributed by atoms with Gasteiger partial charge in [0.2, 0.25) is 0 Å². The van der Waals surface area contributed by atoms with Gasteiger partial charge in [-0.25, -0.2) is 0 Å². The Bertz CT molecular complexity index is 639. The molecule has 1 atom stereocenters. The maximum Gasteiger partial charge on any atom is 0.191 e. The van der Waals surface area contributed by atoms with E-state index in [1.165, 1.54) is 4.90 Å². The Hall–Kier alpha value is -1.95. The average molecular weight is 346 g/mol. The van der Waals surface area contributed by atoms with Gasteiger partial charge in [-0.2, -0.15) is 0 Å². The molecule has 2 rings (SSSR count). The van der Waals surface area contributed by atoms with Gasteiger partial charge in [0.1, 0.15) is 0 Å². The number of guanidine groups is 1. The Morgan fingerprint density at radius 3 is 2.58 bits per heavy atom. The van der Waals surface area contributed by atoms with Crippen molar-refractivity contribution < 1.29 is 4.52 Å². The molecule has 0 fully saturated rings. The van der Waals surface area contributed by atoms with E-state index in [4.69, 9.17) is 4.52 Å². The molecule has 1 heterocycles. The highest BCUT2D eigenvalue weighted by Gasteiger charge is 2.09. The Labute approximate surface area is 148 Å². The van der Waals surface area contributed by atoms with Crippen LogP contribution in [0.1, 0.15) is 38.1 Å². The molecule has 6 heteroatoms. The molecule has 130 valence electrons. The van der Waals surface area contributed by atoms with Crippen molar-refractivity contribution in [1.82, 2.24) is 15.8 Å². The first-order valence-electron chi connectivity index (χ1n) is 8.20. The predicted molar refractivity (Wildman–Crippen MR) is 101 cm³/mol. The minimum atomic E-state index is 0.371. The lowest BCUT2D eigenvalue weighted by atomic mass is 10.1. The van der Waals surface area contributed by atoms with Crippen molar-refractivity contribution in [3.05, 3.63) is 47.9 Å². The van der Waals surface area contributed by atoms with Gasteiger partial charge in [-0.15, -0.1) is 11.8 Å². The van der Waals surface area contributed by atoms with E-state index in [0.29, 0.717) is 17.7 Å². The van der Waals surface area contributed by atoms with Crippen LogP contribution in [0, 0.1) is 0 Å². The van der Waals surface area contributed by atoms with Crippen LogP contribution < -0.4 is 10.6 Å². The van der Waals surface area contributed by atoms with Gasteiger partial charge in [0.15, 0.2) is 11.7 Å². The van der Waals surface area contributed by atoms with Crippen molar-refractivity contribution >= 4 is 17.7 Å². The molecule has 2 aromatic rings. The number of nitrogens with zero attached hydrogens (tertiary/aromatic N) is 2. The zero-order chi connectivity index (χ0) is 17.4. The zero-order valence-electron chi connectivity index (χ0n) is 14.7. The maximum atomic E-state index is 5.33. The Kier molecular flexibility index (Phi) is 7.18. The summed E-state index contributed by atoms with van der Waals surface area (Å²) in [7, 11) is 1.77. The summed E-state index contributed by atoms with van der Waals surface area (Å²) in [5, 5.41) is 11.1. The Morgan fingerprint density at radius 2 is 1.96 bits per heavy atom. The number of aliphatic imine (C=N–C) groups is 1. The summed E-state index contributed by atoms with van der Waals surface area (Å²) < 4.78 is 5.33. The van der Waals surface area contributed by atoms with E-state index in [1.807, 2.05) is 23.9 Å². The normalized spacial score (nSPS) is 13.1. The third kappa shape index (κ3) is 5.92. The summed E-state index contributed by atoms with van der Waals surface area (Å²) in [5.41, 5.74) is 0.975. The quantitative estimate of drug-likeness (QED) is 0.455. The van der Waals surface area contributed by atoms with Crippen LogP contribution in [0.2, 0.25) is 0 Å². The monoisotopic (exact) mass is 346 g/mol. The number of benzene rings is 1. The van der Waals surface area contributed by atoms with E-state index in [0.717, 1.165) is 24.0 Å². The van der Waals surface area contributed by atoms with Crippen molar-refractivity contribution in [2.24, 2.45) is 4.99 Å². The highest BCUT2D eigenvalue weighted by molar-refractivity contribution is 8.00. The SMILES string of the molecule is CN=C(NCc1cc(C(C)C)no1)NCC(C)Sc1ccccc1. The second-order valence-electron chi connectivity index (χ2n) is 5.92. The summed E-state index contributed by atoms with van der Waals surface area (Å²) in [6.07, 6.45) is 0. The topological polar surface area (TPSA) is 62.5 Å². The van der Waals surface area contributed by atoms with Gasteiger partial charge >= 0.3 is 0 Å². The first-order chi connectivity index (χ1) is 11.6. The van der Waals surface area contributed by atoms with Gasteiger partial charge in [-0.05, 0) is 18.1 Å². The van der Waals surface area contributed by atoms with Crippen LogP contribution >= 0.6 is 11.8 Å². The van der Waals surface area contributed by atoms with Crippen molar-refractivity contribution in [3.63, 3.8) is 0 Å². The van der Waals surface area contributed by atoms with E-state index in [1.54, 1.807) is 7.05 Å². The van der Waals surface area contributed by atoms with Crippen LogP contribution in [0.15, 0.2) is 50.8 Å². The minimum Gasteiger partial charge on any atom is -0.359 e. The fourth-order valence-electron chi connectivity index (χ4n) is 2.09. The molecule has 5 nitrogen and oxygen atoms in total. The summed E-state index contributed by atoms with van der Waals surface area (Å²) in [5.74, 6) is 1.95. The number of rotatable bonds is 7. The van der Waals surface area contributed by atoms with Gasteiger partial charge in [-0.1, -0.05) is 44.1 Å². The lowest BCUT2D eigenvalue weighted by molar-refractivity contribution is 0.372. The molecule has 0 aliphatic carbocycles. The molecular formula is C18H26N4OS. The Balaban J connectivity index is 1.75. The number of hydrogen-bond donors (Lipinski definition) is 2. The average Bonchev–Trinajstić information content (AvgIpc) is 3.05. The molecule has 0 amide bonds. The highest BCUT2D eigenvalue weighted by atomic mass is 32.2. The molecular weight excluding hydrogens is 320 g/mol. The largest absolute Gasteiger partial charge is 0.359 e.